The van der Waals surface area contributed by atoms with Crippen LogP contribution in [-0.2, 0) is 42.8 Å². The van der Waals surface area contributed by atoms with Gasteiger partial charge in [-0.1, -0.05) is 60.7 Å². The Hall–Kier alpha value is -3.75. The third-order valence-electron chi connectivity index (χ3n) is 9.25. The summed E-state index contributed by atoms with van der Waals surface area (Å²) in [6.45, 7) is 4.35. The summed E-state index contributed by atoms with van der Waals surface area (Å²) >= 11 is -1.60. The summed E-state index contributed by atoms with van der Waals surface area (Å²) in [7, 11) is 0. The second kappa shape index (κ2) is 13.1. The van der Waals surface area contributed by atoms with Gasteiger partial charge in [0.25, 0.3) is 0 Å². The first kappa shape index (κ1) is 29.0. The molecule has 8 rings (SSSR count). The predicted molar refractivity (Wildman–Crippen MR) is 188 cm³/mol. The number of hydrogen-bond donors (Lipinski definition) is 0. The Morgan fingerprint density at radius 1 is 0.432 bits per heavy atom. The van der Waals surface area contributed by atoms with Crippen molar-refractivity contribution >= 4 is 14.4 Å². The van der Waals surface area contributed by atoms with Crippen LogP contribution in [0, 0.1) is 0 Å². The van der Waals surface area contributed by atoms with E-state index in [1.165, 1.54) is 44.5 Å². The van der Waals surface area contributed by atoms with Crippen LogP contribution < -0.4 is 7.74 Å². The molecule has 0 amide bonds. The molecule has 0 heterocycles. The van der Waals surface area contributed by atoms with E-state index < -0.39 is 23.8 Å². The summed E-state index contributed by atoms with van der Waals surface area (Å²) < 4.78 is 3.49. The van der Waals surface area contributed by atoms with Crippen molar-refractivity contribution < 1.29 is 17.1 Å². The van der Waals surface area contributed by atoms with Crippen molar-refractivity contribution in [3.8, 4) is 22.3 Å². The van der Waals surface area contributed by atoms with Gasteiger partial charge < -0.3 is 0 Å². The molecule has 0 atom stereocenters. The molecule has 0 aromatic heterocycles. The first-order valence-electron chi connectivity index (χ1n) is 16.0. The van der Waals surface area contributed by atoms with Gasteiger partial charge in [0.15, 0.2) is 0 Å². The molecule has 6 aromatic rings. The maximum Gasteiger partial charge on any atom is -0.0238 e. The molecule has 2 heteroatoms. The Morgan fingerprint density at radius 2 is 0.818 bits per heavy atom. The molecule has 0 saturated carbocycles. The number of benzene rings is 6. The third-order valence-corrected chi connectivity index (χ3v) is 21.7. The fourth-order valence-corrected chi connectivity index (χ4v) is 19.5. The zero-order chi connectivity index (χ0) is 29.9. The first-order valence-corrected chi connectivity index (χ1v) is 23.2. The minimum absolute atomic E-state index is 0.836. The normalized spacial score (nSPS) is 12.1. The Labute approximate surface area is 270 Å². The van der Waals surface area contributed by atoms with Gasteiger partial charge in [0, 0.05) is 0 Å². The molecule has 0 bridgehead atoms. The standard InChI is InChI=1S/C14H14.2C13H9.C2H7Si.Ti/c1-3-7-13(8-4-1)11-12-14-9-5-2-6-10-14;2*1-3-7-12-10(5-1)9-11-6-2-4-8-13(11)12;1-3-2;/h1-10H,11-12H2;2*1-5,7-8H,9H2;3H,1-2H3;. The fourth-order valence-electron chi connectivity index (χ4n) is 7.16. The van der Waals surface area contributed by atoms with Crippen LogP contribution >= 0.6 is 0 Å². The summed E-state index contributed by atoms with van der Waals surface area (Å²) in [6, 6.07) is 53.7. The van der Waals surface area contributed by atoms with Crippen LogP contribution in [0.2, 0.25) is 13.1 Å². The molecule has 0 unspecified atom stereocenters. The molecule has 215 valence electrons. The van der Waals surface area contributed by atoms with Gasteiger partial charge in [-0.05, 0) is 24.0 Å². The van der Waals surface area contributed by atoms with Crippen LogP contribution in [0.3, 0.4) is 0 Å². The molecule has 0 spiro atoms. The summed E-state index contributed by atoms with van der Waals surface area (Å²) in [5, 5.41) is 0. The number of rotatable bonds is 6. The van der Waals surface area contributed by atoms with Gasteiger partial charge in [-0.2, -0.15) is 0 Å². The minimum atomic E-state index is -1.60. The average Bonchev–Trinajstić information content (AvgIpc) is 3.65. The molecular formula is C42H39SiTi. The maximum absolute atomic E-state index is 2.60. The van der Waals surface area contributed by atoms with Crippen molar-refractivity contribution in [1.82, 2.24) is 0 Å². The molecule has 0 aliphatic heterocycles. The van der Waals surface area contributed by atoms with Gasteiger partial charge in [-0.3, -0.25) is 0 Å². The van der Waals surface area contributed by atoms with Crippen LogP contribution in [0.5, 0.6) is 0 Å². The molecule has 0 N–H and O–H groups in total. The fraction of sp³-hybridized carbons (Fsp3) is 0.143. The van der Waals surface area contributed by atoms with E-state index in [2.05, 4.69) is 159 Å². The topological polar surface area (TPSA) is 0 Å². The molecule has 2 aliphatic rings. The molecular weight excluding hydrogens is 580 g/mol. The number of aryl methyl sites for hydroxylation is 2. The van der Waals surface area contributed by atoms with E-state index in [0.29, 0.717) is 0 Å². The molecule has 44 heavy (non-hydrogen) atoms. The van der Waals surface area contributed by atoms with Gasteiger partial charge >= 0.3 is 187 Å². The van der Waals surface area contributed by atoms with E-state index in [-0.39, 0.29) is 0 Å². The van der Waals surface area contributed by atoms with E-state index in [9.17, 15) is 0 Å². The third kappa shape index (κ3) is 5.85. The van der Waals surface area contributed by atoms with Crippen molar-refractivity contribution in [2.45, 2.75) is 38.8 Å². The molecule has 0 nitrogen and oxygen atoms in total. The number of fused-ring (bicyclic) bond motifs is 6. The van der Waals surface area contributed by atoms with E-state index >= 15 is 0 Å². The van der Waals surface area contributed by atoms with Gasteiger partial charge in [0.2, 0.25) is 0 Å². The Bertz CT molecular complexity index is 1750. The summed E-state index contributed by atoms with van der Waals surface area (Å²) in [5.74, 6) is 0. The Balaban J connectivity index is 0.000000187. The SMILES string of the molecule is C[SiH](C)[Ti]([c]1cccc2c1Cc1ccccc1-2)[c]1cccc2c1Cc1ccccc1-2.c1ccc(CCc2ccccc2)cc1. The average molecular weight is 620 g/mol. The van der Waals surface area contributed by atoms with Crippen LogP contribution in [0.15, 0.2) is 146 Å². The van der Waals surface area contributed by atoms with Gasteiger partial charge in [0.05, 0.1) is 0 Å². The van der Waals surface area contributed by atoms with Crippen LogP contribution in [0.4, 0.5) is 0 Å². The quantitative estimate of drug-likeness (QED) is 0.163. The minimum Gasteiger partial charge on any atom is -0.0622 e. The Kier molecular flexibility index (Phi) is 8.62. The maximum atomic E-state index is 2.60. The van der Waals surface area contributed by atoms with E-state index in [0.717, 1.165) is 25.7 Å². The molecule has 2 aliphatic carbocycles. The van der Waals surface area contributed by atoms with E-state index in [4.69, 9.17) is 0 Å². The van der Waals surface area contributed by atoms with Gasteiger partial charge in [-0.15, -0.1) is 0 Å². The molecule has 0 saturated heterocycles. The second-order valence-electron chi connectivity index (χ2n) is 12.4. The van der Waals surface area contributed by atoms with Gasteiger partial charge in [0.1, 0.15) is 0 Å². The van der Waals surface area contributed by atoms with Crippen LogP contribution in [0.25, 0.3) is 22.3 Å². The monoisotopic (exact) mass is 619 g/mol. The summed E-state index contributed by atoms with van der Waals surface area (Å²) in [4.78, 5) is 0. The van der Waals surface area contributed by atoms with Crippen molar-refractivity contribution in [3.63, 3.8) is 0 Å². The van der Waals surface area contributed by atoms with E-state index in [1.54, 1.807) is 18.9 Å². The molecule has 0 radical (unpaired) electrons. The zero-order valence-corrected chi connectivity index (χ0v) is 28.5. The van der Waals surface area contributed by atoms with Crippen molar-refractivity contribution in [1.29, 1.82) is 0 Å². The first-order chi connectivity index (χ1) is 21.7. The van der Waals surface area contributed by atoms with Crippen LogP contribution in [0.1, 0.15) is 33.4 Å². The van der Waals surface area contributed by atoms with Crippen molar-refractivity contribution in [2.75, 3.05) is 0 Å². The summed E-state index contributed by atoms with van der Waals surface area (Å²) in [6.07, 6.45) is 4.50. The van der Waals surface area contributed by atoms with Crippen LogP contribution in [-0.4, -0.2) is 6.66 Å². The van der Waals surface area contributed by atoms with E-state index in [1.807, 2.05) is 0 Å². The zero-order valence-electron chi connectivity index (χ0n) is 25.8. The summed E-state index contributed by atoms with van der Waals surface area (Å²) in [5.41, 5.74) is 15.0. The second-order valence-corrected chi connectivity index (χ2v) is 25.4. The largest absolute Gasteiger partial charge is 0.0622 e. The predicted octanol–water partition coefficient (Wildman–Crippen LogP) is 8.85. The molecule has 6 aromatic carbocycles. The van der Waals surface area contributed by atoms with Gasteiger partial charge in [-0.25, -0.2) is 0 Å². The van der Waals surface area contributed by atoms with Crippen molar-refractivity contribution in [3.05, 3.63) is 179 Å². The Morgan fingerprint density at radius 3 is 1.25 bits per heavy atom. The number of hydrogen-bond acceptors (Lipinski definition) is 0. The smallest absolute Gasteiger partial charge is 0.0238 e. The molecule has 0 fully saturated rings. The van der Waals surface area contributed by atoms with Crippen molar-refractivity contribution in [2.24, 2.45) is 0 Å².